The van der Waals surface area contributed by atoms with Crippen molar-refractivity contribution in [1.82, 2.24) is 5.32 Å². The second kappa shape index (κ2) is 7.76. The first-order valence-corrected chi connectivity index (χ1v) is 5.00. The van der Waals surface area contributed by atoms with Crippen LogP contribution in [0.15, 0.2) is 0 Å². The Morgan fingerprint density at radius 1 is 1.36 bits per heavy atom. The largest absolute Gasteiger partial charge is 0.379 e. The van der Waals surface area contributed by atoms with Gasteiger partial charge in [0.25, 0.3) is 0 Å². The van der Waals surface area contributed by atoms with Gasteiger partial charge in [-0.05, 0) is 27.2 Å². The summed E-state index contributed by atoms with van der Waals surface area (Å²) >= 11 is 0. The lowest BCUT2D eigenvalue weighted by molar-refractivity contribution is -0.130. The van der Waals surface area contributed by atoms with Gasteiger partial charge in [0.15, 0.2) is 0 Å². The van der Waals surface area contributed by atoms with Gasteiger partial charge < -0.3 is 14.8 Å². The Balaban J connectivity index is 3.32. The first-order valence-electron chi connectivity index (χ1n) is 5.00. The Bertz CT molecular complexity index is 159. The quantitative estimate of drug-likeness (QED) is 0.627. The fourth-order valence-corrected chi connectivity index (χ4v) is 0.854. The van der Waals surface area contributed by atoms with E-state index in [1.807, 2.05) is 13.8 Å². The summed E-state index contributed by atoms with van der Waals surface area (Å²) in [4.78, 5) is 11.2. The molecule has 0 heterocycles. The molecule has 4 heteroatoms. The van der Waals surface area contributed by atoms with E-state index in [1.165, 1.54) is 7.11 Å². The van der Waals surface area contributed by atoms with Crippen molar-refractivity contribution < 1.29 is 14.3 Å². The van der Waals surface area contributed by atoms with E-state index in [9.17, 15) is 4.79 Å². The lowest BCUT2D eigenvalue weighted by atomic mass is 10.3. The average Bonchev–Trinajstić information content (AvgIpc) is 2.15. The molecular formula is C10H21NO3. The van der Waals surface area contributed by atoms with Crippen molar-refractivity contribution in [2.24, 2.45) is 0 Å². The maximum Gasteiger partial charge on any atom is 0.248 e. The van der Waals surface area contributed by atoms with Crippen molar-refractivity contribution >= 4 is 5.91 Å². The normalized spacial score (nSPS) is 12.9. The molecule has 0 rings (SSSR count). The van der Waals surface area contributed by atoms with Crippen LogP contribution in [0.3, 0.4) is 0 Å². The summed E-state index contributed by atoms with van der Waals surface area (Å²) in [6.45, 7) is 7.02. The molecule has 0 aliphatic rings. The van der Waals surface area contributed by atoms with Crippen molar-refractivity contribution in [3.05, 3.63) is 0 Å². The highest BCUT2D eigenvalue weighted by molar-refractivity contribution is 5.80. The second-order valence-electron chi connectivity index (χ2n) is 3.44. The van der Waals surface area contributed by atoms with E-state index in [1.54, 1.807) is 6.92 Å². The third kappa shape index (κ3) is 6.86. The standard InChI is InChI=1S/C10H21NO3/c1-8(2)14-7-5-6-11-10(12)9(3)13-4/h8-9H,5-7H2,1-4H3,(H,11,12). The second-order valence-corrected chi connectivity index (χ2v) is 3.44. The Labute approximate surface area is 86.0 Å². The summed E-state index contributed by atoms with van der Waals surface area (Å²) in [5.41, 5.74) is 0. The van der Waals surface area contributed by atoms with E-state index < -0.39 is 0 Å². The molecule has 84 valence electrons. The summed E-state index contributed by atoms with van der Waals surface area (Å²) in [5.74, 6) is -0.0722. The predicted molar refractivity (Wildman–Crippen MR) is 55.2 cm³/mol. The smallest absolute Gasteiger partial charge is 0.248 e. The first-order chi connectivity index (χ1) is 6.57. The molecule has 0 aromatic heterocycles. The molecule has 14 heavy (non-hydrogen) atoms. The number of carbonyl (C=O) groups is 1. The summed E-state index contributed by atoms with van der Waals surface area (Å²) in [6.07, 6.45) is 0.713. The molecule has 0 aliphatic heterocycles. The van der Waals surface area contributed by atoms with Gasteiger partial charge in [0.2, 0.25) is 5.91 Å². The molecule has 0 saturated carbocycles. The molecule has 4 nitrogen and oxygen atoms in total. The zero-order valence-electron chi connectivity index (χ0n) is 9.50. The molecule has 0 spiro atoms. The van der Waals surface area contributed by atoms with Crippen LogP contribution in [0.2, 0.25) is 0 Å². The van der Waals surface area contributed by atoms with Gasteiger partial charge in [0.1, 0.15) is 6.10 Å². The van der Waals surface area contributed by atoms with E-state index in [4.69, 9.17) is 9.47 Å². The zero-order valence-corrected chi connectivity index (χ0v) is 9.50. The summed E-state index contributed by atoms with van der Waals surface area (Å²) in [6, 6.07) is 0. The number of nitrogens with one attached hydrogen (secondary N) is 1. The lowest BCUT2D eigenvalue weighted by Gasteiger charge is -2.11. The summed E-state index contributed by atoms with van der Waals surface area (Å²) in [7, 11) is 1.52. The molecule has 1 unspecified atom stereocenters. The minimum absolute atomic E-state index is 0.0722. The molecule has 0 radical (unpaired) electrons. The van der Waals surface area contributed by atoms with E-state index in [2.05, 4.69) is 5.32 Å². The van der Waals surface area contributed by atoms with Gasteiger partial charge >= 0.3 is 0 Å². The Morgan fingerprint density at radius 3 is 2.50 bits per heavy atom. The SMILES string of the molecule is COC(C)C(=O)NCCCOC(C)C. The van der Waals surface area contributed by atoms with Crippen LogP contribution < -0.4 is 5.32 Å². The lowest BCUT2D eigenvalue weighted by Crippen LogP contribution is -2.34. The first kappa shape index (κ1) is 13.4. The number of rotatable bonds is 7. The van der Waals surface area contributed by atoms with Crippen LogP contribution in [0.5, 0.6) is 0 Å². The van der Waals surface area contributed by atoms with Crippen molar-refractivity contribution in [2.75, 3.05) is 20.3 Å². The highest BCUT2D eigenvalue weighted by Gasteiger charge is 2.09. The van der Waals surface area contributed by atoms with Crippen molar-refractivity contribution in [3.8, 4) is 0 Å². The zero-order chi connectivity index (χ0) is 11.0. The molecule has 0 aromatic rings. The number of methoxy groups -OCH3 is 1. The van der Waals surface area contributed by atoms with E-state index in [0.29, 0.717) is 13.2 Å². The van der Waals surface area contributed by atoms with Crippen LogP contribution in [0, 0.1) is 0 Å². The number of hydrogen-bond donors (Lipinski definition) is 1. The number of amides is 1. The number of carbonyl (C=O) groups excluding carboxylic acids is 1. The maximum absolute atomic E-state index is 11.2. The van der Waals surface area contributed by atoms with Gasteiger partial charge in [0, 0.05) is 20.3 Å². The van der Waals surface area contributed by atoms with Crippen LogP contribution in [-0.2, 0) is 14.3 Å². The molecule has 1 N–H and O–H groups in total. The van der Waals surface area contributed by atoms with Crippen LogP contribution in [-0.4, -0.2) is 38.4 Å². The fourth-order valence-electron chi connectivity index (χ4n) is 0.854. The van der Waals surface area contributed by atoms with Crippen molar-refractivity contribution in [2.45, 2.75) is 39.4 Å². The molecule has 1 amide bonds. The van der Waals surface area contributed by atoms with Crippen molar-refractivity contribution in [3.63, 3.8) is 0 Å². The Morgan fingerprint density at radius 2 is 2.00 bits per heavy atom. The van der Waals surface area contributed by atoms with E-state index >= 15 is 0 Å². The fraction of sp³-hybridized carbons (Fsp3) is 0.900. The molecule has 0 saturated heterocycles. The van der Waals surface area contributed by atoms with Crippen LogP contribution in [0.4, 0.5) is 0 Å². The van der Waals surface area contributed by atoms with Crippen molar-refractivity contribution in [1.29, 1.82) is 0 Å². The third-order valence-electron chi connectivity index (χ3n) is 1.79. The molecular weight excluding hydrogens is 182 g/mol. The van der Waals surface area contributed by atoms with Crippen LogP contribution in [0.1, 0.15) is 27.2 Å². The van der Waals surface area contributed by atoms with Gasteiger partial charge in [0.05, 0.1) is 6.10 Å². The molecule has 1 atom stereocenters. The minimum atomic E-state index is -0.374. The van der Waals surface area contributed by atoms with Gasteiger partial charge in [-0.15, -0.1) is 0 Å². The van der Waals surface area contributed by atoms with Gasteiger partial charge in [-0.25, -0.2) is 0 Å². The third-order valence-corrected chi connectivity index (χ3v) is 1.79. The predicted octanol–water partition coefficient (Wildman–Crippen LogP) is 0.953. The van der Waals surface area contributed by atoms with Gasteiger partial charge in [-0.1, -0.05) is 0 Å². The van der Waals surface area contributed by atoms with Crippen LogP contribution in [0.25, 0.3) is 0 Å². The van der Waals surface area contributed by atoms with Gasteiger partial charge in [-0.2, -0.15) is 0 Å². The summed E-state index contributed by atoms with van der Waals surface area (Å²) in [5, 5.41) is 2.76. The highest BCUT2D eigenvalue weighted by atomic mass is 16.5. The molecule has 0 bridgehead atoms. The maximum atomic E-state index is 11.2. The average molecular weight is 203 g/mol. The number of ether oxygens (including phenoxy) is 2. The van der Waals surface area contributed by atoms with E-state index in [0.717, 1.165) is 6.42 Å². The highest BCUT2D eigenvalue weighted by Crippen LogP contribution is 1.90. The number of hydrogen-bond acceptors (Lipinski definition) is 3. The molecule has 0 fully saturated rings. The Kier molecular flexibility index (Phi) is 7.42. The monoisotopic (exact) mass is 203 g/mol. The topological polar surface area (TPSA) is 47.6 Å². The molecule has 0 aliphatic carbocycles. The Hall–Kier alpha value is -0.610. The summed E-state index contributed by atoms with van der Waals surface area (Å²) < 4.78 is 10.2. The van der Waals surface area contributed by atoms with Crippen LogP contribution >= 0.6 is 0 Å². The molecule has 0 aromatic carbocycles. The minimum Gasteiger partial charge on any atom is -0.379 e. The van der Waals surface area contributed by atoms with Gasteiger partial charge in [-0.3, -0.25) is 4.79 Å². The van der Waals surface area contributed by atoms with E-state index in [-0.39, 0.29) is 18.1 Å².